The number of halogens is 4. The monoisotopic (exact) mass is 334 g/mol. The van der Waals surface area contributed by atoms with Gasteiger partial charge in [-0.05, 0) is 18.2 Å². The molecule has 0 aliphatic rings. The number of aromatic carboxylic acids is 1. The van der Waals surface area contributed by atoms with Crippen LogP contribution in [0.2, 0.25) is 15.1 Å². The van der Waals surface area contributed by atoms with Gasteiger partial charge in [0.15, 0.2) is 0 Å². The van der Waals surface area contributed by atoms with Crippen LogP contribution in [0.25, 0.3) is 0 Å². The van der Waals surface area contributed by atoms with Crippen molar-refractivity contribution in [1.82, 2.24) is 0 Å². The molecule has 104 valence electrons. The lowest BCUT2D eigenvalue weighted by atomic mass is 10.2. The molecule has 0 aliphatic carbocycles. The summed E-state index contributed by atoms with van der Waals surface area (Å²) >= 11 is 17.6. The third kappa shape index (κ3) is 2.98. The highest BCUT2D eigenvalue weighted by Gasteiger charge is 2.16. The fraction of sp³-hybridized carbons (Fsp3) is 0. The highest BCUT2D eigenvalue weighted by atomic mass is 35.5. The Bertz CT molecular complexity index is 689. The Morgan fingerprint density at radius 2 is 1.80 bits per heavy atom. The van der Waals surface area contributed by atoms with Crippen molar-refractivity contribution in [2.24, 2.45) is 0 Å². The van der Waals surface area contributed by atoms with E-state index in [2.05, 4.69) is 0 Å². The van der Waals surface area contributed by atoms with E-state index in [4.69, 9.17) is 44.6 Å². The quantitative estimate of drug-likeness (QED) is 0.830. The molecule has 0 aromatic heterocycles. The van der Waals surface area contributed by atoms with Gasteiger partial charge in [0, 0.05) is 6.07 Å². The molecule has 2 rings (SSSR count). The van der Waals surface area contributed by atoms with E-state index in [1.165, 1.54) is 6.07 Å². The first-order valence-electron chi connectivity index (χ1n) is 5.24. The van der Waals surface area contributed by atoms with Crippen LogP contribution in [0.4, 0.5) is 4.39 Å². The summed E-state index contributed by atoms with van der Waals surface area (Å²) in [6.45, 7) is 0. The number of carbonyl (C=O) groups is 1. The summed E-state index contributed by atoms with van der Waals surface area (Å²) in [6.07, 6.45) is 0. The molecule has 0 atom stereocenters. The Balaban J connectivity index is 2.42. The van der Waals surface area contributed by atoms with E-state index in [0.29, 0.717) is 0 Å². The normalized spacial score (nSPS) is 10.4. The molecule has 20 heavy (non-hydrogen) atoms. The van der Waals surface area contributed by atoms with Gasteiger partial charge in [-0.3, -0.25) is 0 Å². The van der Waals surface area contributed by atoms with Crippen LogP contribution in [0, 0.1) is 5.82 Å². The van der Waals surface area contributed by atoms with Gasteiger partial charge in [-0.25, -0.2) is 9.18 Å². The van der Waals surface area contributed by atoms with E-state index in [-0.39, 0.29) is 26.6 Å². The van der Waals surface area contributed by atoms with Gasteiger partial charge in [-0.1, -0.05) is 40.9 Å². The number of hydrogen-bond donors (Lipinski definition) is 1. The van der Waals surface area contributed by atoms with E-state index in [1.54, 1.807) is 12.1 Å². The van der Waals surface area contributed by atoms with Crippen LogP contribution in [0.1, 0.15) is 10.4 Å². The first kappa shape index (κ1) is 14.9. The predicted molar refractivity (Wildman–Crippen MR) is 74.9 cm³/mol. The van der Waals surface area contributed by atoms with E-state index in [9.17, 15) is 9.18 Å². The Morgan fingerprint density at radius 3 is 2.45 bits per heavy atom. The van der Waals surface area contributed by atoms with Gasteiger partial charge in [0.1, 0.15) is 22.3 Å². The standard InChI is InChI=1S/C13H6Cl3FO3/c14-7-2-1-3-10(12(7)16)20-11-5-9(17)6(13(18)19)4-8(11)15/h1-5H,(H,18,19). The molecule has 0 saturated heterocycles. The van der Waals surface area contributed by atoms with Gasteiger partial charge < -0.3 is 9.84 Å². The van der Waals surface area contributed by atoms with Crippen LogP contribution in [0.3, 0.4) is 0 Å². The summed E-state index contributed by atoms with van der Waals surface area (Å²) in [4.78, 5) is 10.8. The fourth-order valence-electron chi connectivity index (χ4n) is 1.45. The predicted octanol–water partition coefficient (Wildman–Crippen LogP) is 5.28. The topological polar surface area (TPSA) is 46.5 Å². The maximum Gasteiger partial charge on any atom is 0.338 e. The zero-order chi connectivity index (χ0) is 14.9. The fourth-order valence-corrected chi connectivity index (χ4v) is 1.98. The van der Waals surface area contributed by atoms with Gasteiger partial charge in [0.05, 0.1) is 15.6 Å². The number of hydrogen-bond acceptors (Lipinski definition) is 2. The SMILES string of the molecule is O=C(O)c1cc(Cl)c(Oc2cccc(Cl)c2Cl)cc1F. The minimum Gasteiger partial charge on any atom is -0.478 e. The van der Waals surface area contributed by atoms with Crippen molar-refractivity contribution in [2.45, 2.75) is 0 Å². The molecule has 0 spiro atoms. The smallest absolute Gasteiger partial charge is 0.338 e. The van der Waals surface area contributed by atoms with Gasteiger partial charge in [0.25, 0.3) is 0 Å². The molecule has 0 radical (unpaired) electrons. The molecule has 0 amide bonds. The maximum atomic E-state index is 13.6. The molecular weight excluding hydrogens is 329 g/mol. The number of carboxylic acids is 1. The summed E-state index contributed by atoms with van der Waals surface area (Å²) in [7, 11) is 0. The second kappa shape index (κ2) is 5.87. The molecule has 0 fully saturated rings. The highest BCUT2D eigenvalue weighted by Crippen LogP contribution is 2.37. The Labute approximate surface area is 128 Å². The van der Waals surface area contributed by atoms with Crippen LogP contribution < -0.4 is 4.74 Å². The third-order valence-corrected chi connectivity index (χ3v) is 3.48. The van der Waals surface area contributed by atoms with Crippen molar-refractivity contribution in [3.8, 4) is 11.5 Å². The Morgan fingerprint density at radius 1 is 1.10 bits per heavy atom. The first-order valence-corrected chi connectivity index (χ1v) is 6.37. The van der Waals surface area contributed by atoms with Crippen LogP contribution in [-0.2, 0) is 0 Å². The molecule has 0 saturated carbocycles. The van der Waals surface area contributed by atoms with Crippen LogP contribution in [0.5, 0.6) is 11.5 Å². The van der Waals surface area contributed by atoms with E-state index < -0.39 is 17.3 Å². The molecule has 0 unspecified atom stereocenters. The minimum atomic E-state index is -1.42. The van der Waals surface area contributed by atoms with E-state index in [0.717, 1.165) is 12.1 Å². The summed E-state index contributed by atoms with van der Waals surface area (Å²) in [5.41, 5.74) is -0.542. The summed E-state index contributed by atoms with van der Waals surface area (Å²) in [5.74, 6) is -2.26. The van der Waals surface area contributed by atoms with Crippen molar-refractivity contribution < 1.29 is 19.0 Å². The number of carboxylic acid groups (broad SMARTS) is 1. The first-order chi connectivity index (χ1) is 9.40. The van der Waals surface area contributed by atoms with E-state index >= 15 is 0 Å². The second-order valence-corrected chi connectivity index (χ2v) is 4.91. The molecule has 1 N–H and O–H groups in total. The van der Waals surface area contributed by atoms with Crippen LogP contribution in [0.15, 0.2) is 30.3 Å². The lowest BCUT2D eigenvalue weighted by Crippen LogP contribution is -2.01. The average Bonchev–Trinajstić information content (AvgIpc) is 2.38. The molecule has 2 aromatic rings. The van der Waals surface area contributed by atoms with Crippen LogP contribution in [-0.4, -0.2) is 11.1 Å². The number of rotatable bonds is 3. The van der Waals surface area contributed by atoms with Gasteiger partial charge in [-0.2, -0.15) is 0 Å². The Kier molecular flexibility index (Phi) is 4.38. The van der Waals surface area contributed by atoms with E-state index in [1.807, 2.05) is 0 Å². The van der Waals surface area contributed by atoms with Gasteiger partial charge >= 0.3 is 5.97 Å². The highest BCUT2D eigenvalue weighted by molar-refractivity contribution is 6.43. The molecule has 3 nitrogen and oxygen atoms in total. The number of benzene rings is 2. The summed E-state index contributed by atoms with van der Waals surface area (Å²) in [6, 6.07) is 6.52. The Hall–Kier alpha value is -1.49. The molecule has 7 heteroatoms. The van der Waals surface area contributed by atoms with Gasteiger partial charge in [-0.15, -0.1) is 0 Å². The molecular formula is C13H6Cl3FO3. The van der Waals surface area contributed by atoms with Crippen molar-refractivity contribution in [1.29, 1.82) is 0 Å². The average molecular weight is 336 g/mol. The molecule has 0 bridgehead atoms. The van der Waals surface area contributed by atoms with Crippen molar-refractivity contribution in [3.05, 3.63) is 56.8 Å². The third-order valence-electron chi connectivity index (χ3n) is 2.39. The van der Waals surface area contributed by atoms with Crippen molar-refractivity contribution in [3.63, 3.8) is 0 Å². The molecule has 0 aliphatic heterocycles. The van der Waals surface area contributed by atoms with Gasteiger partial charge in [0.2, 0.25) is 0 Å². The molecule has 0 heterocycles. The van der Waals surface area contributed by atoms with Crippen LogP contribution >= 0.6 is 34.8 Å². The maximum absolute atomic E-state index is 13.6. The second-order valence-electron chi connectivity index (χ2n) is 3.72. The zero-order valence-electron chi connectivity index (χ0n) is 9.66. The lowest BCUT2D eigenvalue weighted by molar-refractivity contribution is 0.0692. The zero-order valence-corrected chi connectivity index (χ0v) is 11.9. The number of ether oxygens (including phenoxy) is 1. The minimum absolute atomic E-state index is 0.0557. The molecule has 2 aromatic carbocycles. The largest absolute Gasteiger partial charge is 0.478 e. The lowest BCUT2D eigenvalue weighted by Gasteiger charge is -2.10. The summed E-state index contributed by atoms with van der Waals surface area (Å²) < 4.78 is 18.9. The van der Waals surface area contributed by atoms with Crippen molar-refractivity contribution >= 4 is 40.8 Å². The summed E-state index contributed by atoms with van der Waals surface area (Å²) in [5, 5.41) is 9.13. The van der Waals surface area contributed by atoms with Crippen molar-refractivity contribution in [2.75, 3.05) is 0 Å².